The monoisotopic (exact) mass is 455 g/mol. The van der Waals surface area contributed by atoms with Crippen LogP contribution in [0.4, 0.5) is 5.69 Å². The zero-order valence-corrected chi connectivity index (χ0v) is 18.7. The van der Waals surface area contributed by atoms with Gasteiger partial charge in [-0.25, -0.2) is 8.42 Å². The number of fused-ring (bicyclic) bond motifs is 2. The van der Waals surface area contributed by atoms with Gasteiger partial charge in [0.15, 0.2) is 15.0 Å². The first-order chi connectivity index (χ1) is 14.9. The van der Waals surface area contributed by atoms with E-state index in [0.29, 0.717) is 6.42 Å². The standard InChI is InChI=1S/C23H25N3O3S2/c27-22(25-19-7-3-5-16-4-1-2-6-18(16)19)12-15-8-10-17(11-9-15)24-23-26-20-13-31(28,29)14-21(20)30-23/h1-2,4,6,8-11,19-21H,3,5,7,12-14H2,(H,24,26)(H,25,27)/t19-,20-,21+/m1/s1. The summed E-state index contributed by atoms with van der Waals surface area (Å²) in [5.74, 6) is 0.387. The van der Waals surface area contributed by atoms with E-state index in [0.717, 1.165) is 35.7 Å². The molecular weight excluding hydrogens is 430 g/mol. The maximum absolute atomic E-state index is 12.6. The van der Waals surface area contributed by atoms with Gasteiger partial charge in [-0.15, -0.1) is 0 Å². The number of aryl methyl sites for hydroxylation is 1. The summed E-state index contributed by atoms with van der Waals surface area (Å²) in [6.07, 6.45) is 3.50. The molecule has 5 rings (SSSR count). The molecule has 0 unspecified atom stereocenters. The SMILES string of the molecule is O=C(Cc1ccc(NC2=N[C@@H]3CS(=O)(=O)C[C@@H]3S2)cc1)N[C@@H]1CCCc2ccccc21. The largest absolute Gasteiger partial charge is 0.349 e. The molecule has 6 nitrogen and oxygen atoms in total. The summed E-state index contributed by atoms with van der Waals surface area (Å²) in [5.41, 5.74) is 4.42. The molecule has 0 aromatic heterocycles. The van der Waals surface area contributed by atoms with Crippen LogP contribution in [0, 0.1) is 0 Å². The molecule has 1 fully saturated rings. The minimum absolute atomic E-state index is 0.0281. The molecule has 2 heterocycles. The third kappa shape index (κ3) is 4.65. The lowest BCUT2D eigenvalue weighted by molar-refractivity contribution is -0.121. The third-order valence-corrected chi connectivity index (χ3v) is 9.23. The Hall–Kier alpha value is -2.32. The predicted octanol–water partition coefficient (Wildman–Crippen LogP) is 3.10. The average Bonchev–Trinajstić information content (AvgIpc) is 3.22. The minimum atomic E-state index is -2.94. The zero-order valence-electron chi connectivity index (χ0n) is 17.1. The van der Waals surface area contributed by atoms with Gasteiger partial charge in [-0.05, 0) is 48.1 Å². The van der Waals surface area contributed by atoms with Crippen LogP contribution in [0.15, 0.2) is 53.5 Å². The molecule has 2 aromatic carbocycles. The number of amides is 1. The van der Waals surface area contributed by atoms with E-state index in [2.05, 4.69) is 33.8 Å². The smallest absolute Gasteiger partial charge is 0.224 e. The van der Waals surface area contributed by atoms with E-state index in [1.54, 1.807) is 0 Å². The topological polar surface area (TPSA) is 87.6 Å². The summed E-state index contributed by atoms with van der Waals surface area (Å²) in [7, 11) is -2.94. The lowest BCUT2D eigenvalue weighted by atomic mass is 9.87. The minimum Gasteiger partial charge on any atom is -0.349 e. The molecule has 1 amide bonds. The summed E-state index contributed by atoms with van der Waals surface area (Å²) in [6.45, 7) is 0. The van der Waals surface area contributed by atoms with Crippen LogP contribution in [0.2, 0.25) is 0 Å². The van der Waals surface area contributed by atoms with Crippen LogP contribution in [0.5, 0.6) is 0 Å². The summed E-state index contributed by atoms with van der Waals surface area (Å²) in [4.78, 5) is 17.1. The van der Waals surface area contributed by atoms with Crippen LogP contribution >= 0.6 is 11.8 Å². The van der Waals surface area contributed by atoms with Crippen LogP contribution in [-0.2, 0) is 27.5 Å². The Morgan fingerprint density at radius 3 is 2.71 bits per heavy atom. The highest BCUT2D eigenvalue weighted by Gasteiger charge is 2.42. The Kier molecular flexibility index (Phi) is 5.52. The van der Waals surface area contributed by atoms with Gasteiger partial charge in [0.25, 0.3) is 0 Å². The number of aliphatic imine (C=N–C) groups is 1. The van der Waals surface area contributed by atoms with E-state index in [-0.39, 0.29) is 34.7 Å². The molecule has 0 bridgehead atoms. The van der Waals surface area contributed by atoms with Crippen molar-refractivity contribution in [3.63, 3.8) is 0 Å². The molecule has 3 aliphatic rings. The molecule has 162 valence electrons. The van der Waals surface area contributed by atoms with E-state index in [1.165, 1.54) is 22.9 Å². The Morgan fingerprint density at radius 2 is 1.90 bits per heavy atom. The van der Waals surface area contributed by atoms with Crippen molar-refractivity contribution in [3.05, 3.63) is 65.2 Å². The average molecular weight is 456 g/mol. The molecule has 1 aliphatic carbocycles. The van der Waals surface area contributed by atoms with Crippen molar-refractivity contribution in [1.29, 1.82) is 0 Å². The molecule has 0 spiro atoms. The molecule has 31 heavy (non-hydrogen) atoms. The van der Waals surface area contributed by atoms with E-state index >= 15 is 0 Å². The number of nitrogens with one attached hydrogen (secondary N) is 2. The van der Waals surface area contributed by atoms with Crippen molar-refractivity contribution < 1.29 is 13.2 Å². The van der Waals surface area contributed by atoms with Gasteiger partial charge in [0.2, 0.25) is 5.91 Å². The van der Waals surface area contributed by atoms with Gasteiger partial charge in [-0.3, -0.25) is 9.79 Å². The summed E-state index contributed by atoms with van der Waals surface area (Å²) >= 11 is 1.50. The van der Waals surface area contributed by atoms with Crippen molar-refractivity contribution in [2.24, 2.45) is 4.99 Å². The van der Waals surface area contributed by atoms with Crippen molar-refractivity contribution in [3.8, 4) is 0 Å². The summed E-state index contributed by atoms with van der Waals surface area (Å²) in [6, 6.07) is 16.1. The van der Waals surface area contributed by atoms with Crippen LogP contribution in [0.1, 0.15) is 35.6 Å². The zero-order chi connectivity index (χ0) is 21.4. The van der Waals surface area contributed by atoms with Gasteiger partial charge in [0, 0.05) is 10.9 Å². The number of anilines is 1. The fraction of sp³-hybridized carbons (Fsp3) is 0.391. The van der Waals surface area contributed by atoms with Crippen molar-refractivity contribution in [2.75, 3.05) is 16.8 Å². The number of amidine groups is 1. The Labute approximate surface area is 186 Å². The Morgan fingerprint density at radius 1 is 1.10 bits per heavy atom. The number of rotatable bonds is 4. The van der Waals surface area contributed by atoms with E-state index in [9.17, 15) is 13.2 Å². The number of carbonyl (C=O) groups excluding carboxylic acids is 1. The van der Waals surface area contributed by atoms with Gasteiger partial charge < -0.3 is 10.6 Å². The highest BCUT2D eigenvalue weighted by molar-refractivity contribution is 8.15. The van der Waals surface area contributed by atoms with Crippen molar-refractivity contribution >= 4 is 38.4 Å². The normalized spacial score (nSPS) is 25.9. The number of carbonyl (C=O) groups is 1. The Bertz CT molecular complexity index is 1130. The lowest BCUT2D eigenvalue weighted by Gasteiger charge is -2.26. The lowest BCUT2D eigenvalue weighted by Crippen LogP contribution is -2.32. The highest BCUT2D eigenvalue weighted by Crippen LogP contribution is 2.34. The molecule has 2 aromatic rings. The van der Waals surface area contributed by atoms with Crippen molar-refractivity contribution in [1.82, 2.24) is 5.32 Å². The number of benzene rings is 2. The van der Waals surface area contributed by atoms with Gasteiger partial charge in [0.05, 0.1) is 30.0 Å². The molecule has 2 N–H and O–H groups in total. The third-order valence-electron chi connectivity index (χ3n) is 6.09. The second-order valence-electron chi connectivity index (χ2n) is 8.44. The number of hydrogen-bond acceptors (Lipinski definition) is 6. The molecule has 8 heteroatoms. The number of sulfone groups is 1. The van der Waals surface area contributed by atoms with Crippen molar-refractivity contribution in [2.45, 2.75) is 43.0 Å². The Balaban J connectivity index is 1.17. The molecule has 0 saturated carbocycles. The molecule has 3 atom stereocenters. The van der Waals surface area contributed by atoms with Crippen LogP contribution in [0.25, 0.3) is 0 Å². The predicted molar refractivity (Wildman–Crippen MR) is 125 cm³/mol. The summed E-state index contributed by atoms with van der Waals surface area (Å²) < 4.78 is 23.4. The second kappa shape index (κ2) is 8.31. The molecule has 0 radical (unpaired) electrons. The van der Waals surface area contributed by atoms with Gasteiger partial charge in [-0.2, -0.15) is 0 Å². The van der Waals surface area contributed by atoms with Crippen LogP contribution < -0.4 is 10.6 Å². The number of hydrogen-bond donors (Lipinski definition) is 2. The number of thioether (sulfide) groups is 1. The summed E-state index contributed by atoms with van der Waals surface area (Å²) in [5, 5.41) is 7.27. The maximum atomic E-state index is 12.6. The van der Waals surface area contributed by atoms with Crippen LogP contribution in [0.3, 0.4) is 0 Å². The quantitative estimate of drug-likeness (QED) is 0.740. The fourth-order valence-corrected chi connectivity index (χ4v) is 8.26. The first-order valence-corrected chi connectivity index (χ1v) is 13.3. The van der Waals surface area contributed by atoms with E-state index < -0.39 is 9.84 Å². The first-order valence-electron chi connectivity index (χ1n) is 10.6. The van der Waals surface area contributed by atoms with Gasteiger partial charge >= 0.3 is 0 Å². The highest BCUT2D eigenvalue weighted by atomic mass is 32.2. The fourth-order valence-electron chi connectivity index (χ4n) is 4.58. The first kappa shape index (κ1) is 20.6. The van der Waals surface area contributed by atoms with Crippen LogP contribution in [-0.4, -0.2) is 42.3 Å². The molecule has 1 saturated heterocycles. The second-order valence-corrected chi connectivity index (χ2v) is 11.8. The number of nitrogens with zero attached hydrogens (tertiary/aromatic N) is 1. The van der Waals surface area contributed by atoms with E-state index in [1.807, 2.05) is 30.3 Å². The van der Waals surface area contributed by atoms with Gasteiger partial charge in [0.1, 0.15) is 0 Å². The van der Waals surface area contributed by atoms with E-state index in [4.69, 9.17) is 0 Å². The maximum Gasteiger partial charge on any atom is 0.224 e. The molecule has 2 aliphatic heterocycles. The molecular formula is C23H25N3O3S2. The van der Waals surface area contributed by atoms with Gasteiger partial charge in [-0.1, -0.05) is 48.2 Å².